The van der Waals surface area contributed by atoms with Crippen LogP contribution in [0.4, 0.5) is 0 Å². The van der Waals surface area contributed by atoms with E-state index in [0.717, 1.165) is 32.1 Å². The molecular weight excluding hydrogens is 227 g/mol. The zero-order chi connectivity index (χ0) is 12.2. The molecule has 0 aliphatic carbocycles. The Bertz CT molecular complexity index is 181. The summed E-state index contributed by atoms with van der Waals surface area (Å²) < 4.78 is 21.3. The number of rotatable bonds is 11. The van der Waals surface area contributed by atoms with E-state index >= 15 is 0 Å². The van der Waals surface area contributed by atoms with E-state index in [2.05, 4.69) is 0 Å². The van der Waals surface area contributed by atoms with Gasteiger partial charge in [0.05, 0.1) is 6.61 Å². The maximum Gasteiger partial charge on any atom is 0.320 e. The molecule has 6 heteroatoms. The van der Waals surface area contributed by atoms with Crippen LogP contribution in [0.5, 0.6) is 0 Å². The Kier molecular flexibility index (Phi) is 11.6. The summed E-state index contributed by atoms with van der Waals surface area (Å²) in [6.07, 6.45) is 5.10. The van der Waals surface area contributed by atoms with E-state index in [4.69, 9.17) is 20.5 Å². The molecule has 0 saturated heterocycles. The van der Waals surface area contributed by atoms with Gasteiger partial charge >= 0.3 is 8.25 Å². The van der Waals surface area contributed by atoms with Crippen LogP contribution >= 0.6 is 8.25 Å². The summed E-state index contributed by atoms with van der Waals surface area (Å²) in [7, 11) is -2.40. The van der Waals surface area contributed by atoms with Crippen LogP contribution in [0.2, 0.25) is 0 Å². The van der Waals surface area contributed by atoms with Gasteiger partial charge < -0.3 is 16.0 Å². The van der Waals surface area contributed by atoms with E-state index in [1.807, 2.05) is 6.92 Å². The van der Waals surface area contributed by atoms with Gasteiger partial charge in [-0.1, -0.05) is 19.8 Å². The van der Waals surface area contributed by atoms with Gasteiger partial charge in [0, 0.05) is 0 Å². The molecule has 0 amide bonds. The molecule has 0 fully saturated rings. The molecule has 0 aliphatic heterocycles. The summed E-state index contributed by atoms with van der Waals surface area (Å²) in [5, 5.41) is 0. The minimum absolute atomic E-state index is 0.480. The van der Waals surface area contributed by atoms with E-state index in [0.29, 0.717) is 19.6 Å². The third kappa shape index (κ3) is 10.6. The first-order valence-corrected chi connectivity index (χ1v) is 7.22. The highest BCUT2D eigenvalue weighted by Crippen LogP contribution is 2.26. The van der Waals surface area contributed by atoms with E-state index in [9.17, 15) is 4.57 Å². The summed E-state index contributed by atoms with van der Waals surface area (Å²) in [5.41, 5.74) is 11.0. The molecule has 98 valence electrons. The van der Waals surface area contributed by atoms with Gasteiger partial charge in [0.15, 0.2) is 0 Å². The van der Waals surface area contributed by atoms with Crippen LogP contribution in [-0.2, 0) is 13.6 Å². The second kappa shape index (κ2) is 11.6. The summed E-state index contributed by atoms with van der Waals surface area (Å²) >= 11 is 0. The SMILES string of the molecule is CCCCO[PH](=O)OC(N)CCCCCN. The fourth-order valence-corrected chi connectivity index (χ4v) is 1.93. The number of nitrogens with two attached hydrogens (primary N) is 2. The van der Waals surface area contributed by atoms with Crippen molar-refractivity contribution >= 4 is 8.25 Å². The molecule has 0 aliphatic rings. The predicted molar refractivity (Wildman–Crippen MR) is 66.4 cm³/mol. The fraction of sp³-hybridized carbons (Fsp3) is 1.00. The van der Waals surface area contributed by atoms with Crippen molar-refractivity contribution in [3.8, 4) is 0 Å². The Labute approximate surface area is 98.8 Å². The average Bonchev–Trinajstić information content (AvgIpc) is 2.25. The highest BCUT2D eigenvalue weighted by atomic mass is 31.1. The van der Waals surface area contributed by atoms with Gasteiger partial charge in [-0.25, -0.2) is 0 Å². The minimum atomic E-state index is -2.40. The van der Waals surface area contributed by atoms with Crippen molar-refractivity contribution in [2.24, 2.45) is 11.5 Å². The predicted octanol–water partition coefficient (Wildman–Crippen LogP) is 2.01. The van der Waals surface area contributed by atoms with E-state index in [1.54, 1.807) is 0 Å². The summed E-state index contributed by atoms with van der Waals surface area (Å²) in [5.74, 6) is 0. The van der Waals surface area contributed by atoms with Gasteiger partial charge in [-0.2, -0.15) is 0 Å². The third-order valence-electron chi connectivity index (χ3n) is 2.16. The molecule has 0 heterocycles. The van der Waals surface area contributed by atoms with E-state index < -0.39 is 14.5 Å². The number of unbranched alkanes of at least 4 members (excludes halogenated alkanes) is 3. The number of hydrogen-bond acceptors (Lipinski definition) is 5. The summed E-state index contributed by atoms with van der Waals surface area (Å²) in [4.78, 5) is 0. The molecule has 0 radical (unpaired) electrons. The quantitative estimate of drug-likeness (QED) is 0.333. The Morgan fingerprint density at radius 2 is 2.00 bits per heavy atom. The van der Waals surface area contributed by atoms with Crippen LogP contribution in [0.25, 0.3) is 0 Å². The van der Waals surface area contributed by atoms with Gasteiger partial charge in [-0.05, 0) is 32.2 Å². The van der Waals surface area contributed by atoms with Gasteiger partial charge in [0.2, 0.25) is 0 Å². The zero-order valence-corrected chi connectivity index (χ0v) is 11.1. The van der Waals surface area contributed by atoms with Crippen molar-refractivity contribution in [1.29, 1.82) is 0 Å². The first kappa shape index (κ1) is 16.1. The molecule has 0 aromatic rings. The highest BCUT2D eigenvalue weighted by molar-refractivity contribution is 7.33. The molecule has 0 saturated carbocycles. The van der Waals surface area contributed by atoms with Crippen molar-refractivity contribution in [1.82, 2.24) is 0 Å². The van der Waals surface area contributed by atoms with Crippen LogP contribution < -0.4 is 11.5 Å². The maximum absolute atomic E-state index is 11.3. The molecule has 0 aromatic carbocycles. The minimum Gasteiger partial charge on any atom is -0.330 e. The molecule has 16 heavy (non-hydrogen) atoms. The monoisotopic (exact) mass is 252 g/mol. The van der Waals surface area contributed by atoms with Crippen molar-refractivity contribution in [3.05, 3.63) is 0 Å². The van der Waals surface area contributed by atoms with Crippen molar-refractivity contribution in [2.45, 2.75) is 51.7 Å². The summed E-state index contributed by atoms with van der Waals surface area (Å²) in [6.45, 7) is 3.23. The lowest BCUT2D eigenvalue weighted by molar-refractivity contribution is 0.157. The molecule has 0 spiro atoms. The third-order valence-corrected chi connectivity index (χ3v) is 3.09. The first-order chi connectivity index (χ1) is 7.70. The van der Waals surface area contributed by atoms with Gasteiger partial charge in [0.1, 0.15) is 6.23 Å². The second-order valence-corrected chi connectivity index (χ2v) is 4.77. The lowest BCUT2D eigenvalue weighted by Crippen LogP contribution is -2.21. The average molecular weight is 252 g/mol. The maximum atomic E-state index is 11.3. The fourth-order valence-electron chi connectivity index (χ4n) is 1.18. The molecular formula is C10H25N2O3P. The second-order valence-electron chi connectivity index (χ2n) is 3.75. The molecule has 0 rings (SSSR count). The van der Waals surface area contributed by atoms with E-state index in [1.165, 1.54) is 0 Å². The number of hydrogen-bond donors (Lipinski definition) is 2. The van der Waals surface area contributed by atoms with Crippen LogP contribution in [0.1, 0.15) is 45.4 Å². The van der Waals surface area contributed by atoms with E-state index in [-0.39, 0.29) is 0 Å². The van der Waals surface area contributed by atoms with Crippen LogP contribution in [0.3, 0.4) is 0 Å². The zero-order valence-electron chi connectivity index (χ0n) is 10.1. The smallest absolute Gasteiger partial charge is 0.320 e. The highest BCUT2D eigenvalue weighted by Gasteiger charge is 2.07. The van der Waals surface area contributed by atoms with Crippen molar-refractivity contribution in [2.75, 3.05) is 13.2 Å². The molecule has 0 bridgehead atoms. The molecule has 5 nitrogen and oxygen atoms in total. The molecule has 2 unspecified atom stereocenters. The van der Waals surface area contributed by atoms with Crippen molar-refractivity contribution < 1.29 is 13.6 Å². The summed E-state index contributed by atoms with van der Waals surface area (Å²) in [6, 6.07) is 0. The normalized spacial score (nSPS) is 14.9. The Morgan fingerprint density at radius 3 is 2.62 bits per heavy atom. The Hall–Kier alpha value is 0.0700. The van der Waals surface area contributed by atoms with Crippen LogP contribution in [0, 0.1) is 0 Å². The Balaban J connectivity index is 3.39. The largest absolute Gasteiger partial charge is 0.330 e. The molecule has 0 aromatic heterocycles. The Morgan fingerprint density at radius 1 is 1.25 bits per heavy atom. The first-order valence-electron chi connectivity index (χ1n) is 5.99. The lowest BCUT2D eigenvalue weighted by atomic mass is 10.2. The molecule has 2 atom stereocenters. The molecule has 4 N–H and O–H groups in total. The van der Waals surface area contributed by atoms with Gasteiger partial charge in [0.25, 0.3) is 0 Å². The van der Waals surface area contributed by atoms with Gasteiger partial charge in [-0.15, -0.1) is 0 Å². The van der Waals surface area contributed by atoms with Crippen molar-refractivity contribution in [3.63, 3.8) is 0 Å². The lowest BCUT2D eigenvalue weighted by Gasteiger charge is -2.12. The van der Waals surface area contributed by atoms with Crippen LogP contribution in [0.15, 0.2) is 0 Å². The topological polar surface area (TPSA) is 87.6 Å². The van der Waals surface area contributed by atoms with Gasteiger partial charge in [-0.3, -0.25) is 9.09 Å². The van der Waals surface area contributed by atoms with Crippen LogP contribution in [-0.4, -0.2) is 19.4 Å². The standard InChI is InChI=1S/C10H25N2O3P/c1-2-3-9-14-16(13)15-10(12)7-5-4-6-8-11/h10,16H,2-9,11-12H2,1H3.